The van der Waals surface area contributed by atoms with Crippen molar-refractivity contribution in [3.63, 3.8) is 0 Å². The largest absolute Gasteiger partial charge is 0.463 e. The number of furan rings is 1. The van der Waals surface area contributed by atoms with E-state index in [1.165, 1.54) is 14.0 Å². The van der Waals surface area contributed by atoms with Crippen LogP contribution in [0.1, 0.15) is 16.1 Å². The Morgan fingerprint density at radius 3 is 2.69 bits per heavy atom. The highest BCUT2D eigenvalue weighted by molar-refractivity contribution is 5.95. The van der Waals surface area contributed by atoms with Gasteiger partial charge >= 0.3 is 5.97 Å². The number of hydrogen-bond donors (Lipinski definition) is 0. The average Bonchev–Trinajstić information content (AvgIpc) is 2.56. The van der Waals surface area contributed by atoms with Crippen LogP contribution < -0.4 is 0 Å². The molecule has 0 aliphatic heterocycles. The van der Waals surface area contributed by atoms with E-state index in [0.29, 0.717) is 11.6 Å². The minimum Gasteiger partial charge on any atom is -0.463 e. The van der Waals surface area contributed by atoms with Gasteiger partial charge in [0.1, 0.15) is 5.82 Å². The van der Waals surface area contributed by atoms with Crippen molar-refractivity contribution in [1.29, 1.82) is 0 Å². The van der Waals surface area contributed by atoms with Gasteiger partial charge in [-0.2, -0.15) is 0 Å². The number of halogens is 2. The molecule has 0 unspecified atom stereocenters. The fourth-order valence-electron chi connectivity index (χ4n) is 1.53. The molecule has 1 heterocycles. The number of fused-ring (bicyclic) bond motifs is 1. The van der Waals surface area contributed by atoms with Crippen LogP contribution in [-0.4, -0.2) is 13.1 Å². The van der Waals surface area contributed by atoms with Crippen LogP contribution in [0.15, 0.2) is 16.5 Å². The summed E-state index contributed by atoms with van der Waals surface area (Å²) in [5.74, 6) is -2.38. The normalized spacial score (nSPS) is 10.8. The van der Waals surface area contributed by atoms with E-state index in [-0.39, 0.29) is 16.7 Å². The highest BCUT2D eigenvalue weighted by Crippen LogP contribution is 2.28. The van der Waals surface area contributed by atoms with E-state index in [2.05, 4.69) is 4.74 Å². The molecule has 2 aromatic rings. The van der Waals surface area contributed by atoms with Crippen LogP contribution in [-0.2, 0) is 4.74 Å². The summed E-state index contributed by atoms with van der Waals surface area (Å²) in [5.41, 5.74) is 0.222. The third-order valence-corrected chi connectivity index (χ3v) is 2.33. The molecule has 0 N–H and O–H groups in total. The maximum atomic E-state index is 13.3. The lowest BCUT2D eigenvalue weighted by atomic mass is 10.1. The zero-order chi connectivity index (χ0) is 11.9. The van der Waals surface area contributed by atoms with Crippen molar-refractivity contribution in [3.8, 4) is 0 Å². The smallest absolute Gasteiger partial charge is 0.374 e. The molecule has 0 fully saturated rings. The molecule has 0 saturated carbocycles. The SMILES string of the molecule is COC(=O)c1oc2c(F)cc(F)cc2c1C. The first-order valence-corrected chi connectivity index (χ1v) is 4.51. The van der Waals surface area contributed by atoms with Crippen molar-refractivity contribution in [2.24, 2.45) is 0 Å². The third kappa shape index (κ3) is 1.44. The lowest BCUT2D eigenvalue weighted by Crippen LogP contribution is -2.00. The number of ether oxygens (including phenoxy) is 1. The number of methoxy groups -OCH3 is 1. The lowest BCUT2D eigenvalue weighted by Gasteiger charge is -1.93. The zero-order valence-corrected chi connectivity index (χ0v) is 8.64. The quantitative estimate of drug-likeness (QED) is 0.702. The number of esters is 1. The molecule has 2 rings (SSSR count). The van der Waals surface area contributed by atoms with Crippen LogP contribution in [0, 0.1) is 18.6 Å². The van der Waals surface area contributed by atoms with E-state index in [1.807, 2.05) is 0 Å². The molecule has 0 atom stereocenters. The third-order valence-electron chi connectivity index (χ3n) is 2.33. The maximum Gasteiger partial charge on any atom is 0.374 e. The second-order valence-electron chi connectivity index (χ2n) is 3.31. The van der Waals surface area contributed by atoms with Crippen LogP contribution in [0.3, 0.4) is 0 Å². The van der Waals surface area contributed by atoms with Gasteiger partial charge in [0.15, 0.2) is 11.4 Å². The molecule has 1 aromatic heterocycles. The first kappa shape index (κ1) is 10.6. The van der Waals surface area contributed by atoms with E-state index in [1.54, 1.807) is 0 Å². The van der Waals surface area contributed by atoms with Gasteiger partial charge in [0.25, 0.3) is 0 Å². The van der Waals surface area contributed by atoms with Crippen molar-refractivity contribution in [3.05, 3.63) is 35.1 Å². The highest BCUT2D eigenvalue weighted by Gasteiger charge is 2.20. The van der Waals surface area contributed by atoms with Crippen LogP contribution in [0.2, 0.25) is 0 Å². The van der Waals surface area contributed by atoms with Gasteiger partial charge in [0.2, 0.25) is 5.76 Å². The molecule has 0 saturated heterocycles. The molecule has 0 aliphatic rings. The maximum absolute atomic E-state index is 13.3. The summed E-state index contributed by atoms with van der Waals surface area (Å²) in [6, 6.07) is 1.82. The summed E-state index contributed by atoms with van der Waals surface area (Å²) >= 11 is 0. The minimum atomic E-state index is -0.840. The molecular formula is C11H8F2O3. The monoisotopic (exact) mass is 226 g/mol. The standard InChI is InChI=1S/C11H8F2O3/c1-5-7-3-6(12)4-8(13)10(7)16-9(5)11(14)15-2/h3-4H,1-2H3. The number of hydrogen-bond acceptors (Lipinski definition) is 3. The van der Waals surface area contributed by atoms with E-state index in [4.69, 9.17) is 4.42 Å². The topological polar surface area (TPSA) is 39.4 Å². The molecular weight excluding hydrogens is 218 g/mol. The first-order valence-electron chi connectivity index (χ1n) is 4.51. The lowest BCUT2D eigenvalue weighted by molar-refractivity contribution is 0.0566. The Hall–Kier alpha value is -1.91. The molecule has 16 heavy (non-hydrogen) atoms. The molecule has 84 valence electrons. The Balaban J connectivity index is 2.77. The summed E-state index contributed by atoms with van der Waals surface area (Å²) < 4.78 is 35.8. The van der Waals surface area contributed by atoms with E-state index < -0.39 is 17.6 Å². The predicted molar refractivity (Wildman–Crippen MR) is 52.2 cm³/mol. The number of benzene rings is 1. The van der Waals surface area contributed by atoms with E-state index >= 15 is 0 Å². The van der Waals surface area contributed by atoms with Crippen LogP contribution in [0.4, 0.5) is 8.78 Å². The number of carbonyl (C=O) groups is 1. The van der Waals surface area contributed by atoms with Crippen molar-refractivity contribution < 1.29 is 22.7 Å². The van der Waals surface area contributed by atoms with Crippen LogP contribution in [0.25, 0.3) is 11.0 Å². The van der Waals surface area contributed by atoms with E-state index in [0.717, 1.165) is 6.07 Å². The molecule has 0 amide bonds. The van der Waals surface area contributed by atoms with E-state index in [9.17, 15) is 13.6 Å². The molecule has 0 bridgehead atoms. The van der Waals surface area contributed by atoms with Crippen molar-refractivity contribution in [1.82, 2.24) is 0 Å². The Kier molecular flexibility index (Phi) is 2.38. The minimum absolute atomic E-state index is 0.109. The first-order chi connectivity index (χ1) is 7.54. The number of aryl methyl sites for hydroxylation is 1. The summed E-state index contributed by atoms with van der Waals surface area (Å²) in [6.07, 6.45) is 0. The highest BCUT2D eigenvalue weighted by atomic mass is 19.1. The molecule has 0 spiro atoms. The Morgan fingerprint density at radius 2 is 2.06 bits per heavy atom. The van der Waals surface area contributed by atoms with Crippen molar-refractivity contribution in [2.45, 2.75) is 6.92 Å². The van der Waals surface area contributed by atoms with Gasteiger partial charge in [-0.15, -0.1) is 0 Å². The van der Waals surface area contributed by atoms with Crippen molar-refractivity contribution in [2.75, 3.05) is 7.11 Å². The molecule has 0 radical (unpaired) electrons. The van der Waals surface area contributed by atoms with Crippen LogP contribution >= 0.6 is 0 Å². The van der Waals surface area contributed by atoms with Gasteiger partial charge in [-0.25, -0.2) is 13.6 Å². The Labute approximate surface area is 89.6 Å². The second kappa shape index (κ2) is 3.59. The van der Waals surface area contributed by atoms with Gasteiger partial charge in [-0.3, -0.25) is 0 Å². The fraction of sp³-hybridized carbons (Fsp3) is 0.182. The van der Waals surface area contributed by atoms with Gasteiger partial charge in [-0.1, -0.05) is 0 Å². The Morgan fingerprint density at radius 1 is 1.38 bits per heavy atom. The number of carbonyl (C=O) groups excluding carboxylic acids is 1. The summed E-state index contributed by atoms with van der Waals surface area (Å²) in [5, 5.41) is 0.234. The number of rotatable bonds is 1. The summed E-state index contributed by atoms with van der Waals surface area (Å²) in [4.78, 5) is 11.3. The van der Waals surface area contributed by atoms with Gasteiger partial charge in [-0.05, 0) is 13.0 Å². The summed E-state index contributed by atoms with van der Waals surface area (Å²) in [6.45, 7) is 1.54. The molecule has 5 heteroatoms. The molecule has 1 aromatic carbocycles. The van der Waals surface area contributed by atoms with Crippen molar-refractivity contribution >= 4 is 16.9 Å². The zero-order valence-electron chi connectivity index (χ0n) is 8.64. The predicted octanol–water partition coefficient (Wildman–Crippen LogP) is 2.81. The summed E-state index contributed by atoms with van der Waals surface area (Å²) in [7, 11) is 1.19. The van der Waals surface area contributed by atoms with Gasteiger partial charge in [0.05, 0.1) is 7.11 Å². The second-order valence-corrected chi connectivity index (χ2v) is 3.31. The van der Waals surface area contributed by atoms with Crippen LogP contribution in [0.5, 0.6) is 0 Å². The Bertz CT molecular complexity index is 572. The average molecular weight is 226 g/mol. The van der Waals surface area contributed by atoms with Gasteiger partial charge < -0.3 is 9.15 Å². The van der Waals surface area contributed by atoms with Gasteiger partial charge in [0, 0.05) is 17.0 Å². The molecule has 0 aliphatic carbocycles. The molecule has 3 nitrogen and oxygen atoms in total. The fourth-order valence-corrected chi connectivity index (χ4v) is 1.53.